The predicted octanol–water partition coefficient (Wildman–Crippen LogP) is 0.588. The normalized spacial score (nSPS) is 15.0. The topological polar surface area (TPSA) is 133 Å². The van der Waals surface area contributed by atoms with Gasteiger partial charge in [0.1, 0.15) is 5.75 Å². The van der Waals surface area contributed by atoms with E-state index in [0.29, 0.717) is 12.8 Å². The van der Waals surface area contributed by atoms with Crippen LogP contribution in [0.25, 0.3) is 0 Å². The lowest BCUT2D eigenvalue weighted by Gasteiger charge is -2.32. The fourth-order valence-corrected chi connectivity index (χ4v) is 2.15. The highest BCUT2D eigenvalue weighted by Crippen LogP contribution is 2.15. The molecule has 0 radical (unpaired) electrons. The molecule has 0 bridgehead atoms. The zero-order valence-corrected chi connectivity index (χ0v) is 13.3. The molecular formula is C16H24N2O5. The van der Waals surface area contributed by atoms with Crippen molar-refractivity contribution in [2.75, 3.05) is 0 Å². The van der Waals surface area contributed by atoms with Crippen molar-refractivity contribution in [3.05, 3.63) is 29.8 Å². The number of phenolic OH excluding ortho intramolecular Hbond substituents is 1. The first-order valence-corrected chi connectivity index (χ1v) is 7.47. The van der Waals surface area contributed by atoms with Crippen molar-refractivity contribution in [2.24, 2.45) is 11.7 Å². The van der Waals surface area contributed by atoms with Gasteiger partial charge < -0.3 is 26.4 Å². The Bertz CT molecular complexity index is 544. The van der Waals surface area contributed by atoms with Crippen molar-refractivity contribution < 1.29 is 24.9 Å². The summed E-state index contributed by atoms with van der Waals surface area (Å²) in [6.45, 7) is 3.32. The van der Waals surface area contributed by atoms with E-state index in [1.54, 1.807) is 38.1 Å². The highest BCUT2D eigenvalue weighted by Gasteiger charge is 2.45. The second-order valence-electron chi connectivity index (χ2n) is 5.91. The first kappa shape index (κ1) is 18.9. The number of nitrogens with two attached hydrogens (primary N) is 1. The van der Waals surface area contributed by atoms with Gasteiger partial charge in [0.15, 0.2) is 0 Å². The number of carbonyl (C=O) groups is 2. The largest absolute Gasteiger partial charge is 0.508 e. The van der Waals surface area contributed by atoms with Crippen LogP contribution in [-0.4, -0.2) is 39.0 Å². The average molecular weight is 324 g/mol. The van der Waals surface area contributed by atoms with Crippen molar-refractivity contribution in [2.45, 2.75) is 44.9 Å². The van der Waals surface area contributed by atoms with Gasteiger partial charge in [0.25, 0.3) is 5.72 Å². The first-order chi connectivity index (χ1) is 10.7. The second kappa shape index (κ2) is 7.94. The Kier molecular flexibility index (Phi) is 6.53. The minimum atomic E-state index is -2.48. The number of rotatable bonds is 8. The molecule has 7 heteroatoms. The van der Waals surface area contributed by atoms with E-state index in [-0.39, 0.29) is 18.1 Å². The van der Waals surface area contributed by atoms with Crippen molar-refractivity contribution in [1.82, 2.24) is 5.32 Å². The molecule has 1 aromatic rings. The van der Waals surface area contributed by atoms with Crippen LogP contribution in [0, 0.1) is 5.92 Å². The Morgan fingerprint density at radius 3 is 2.30 bits per heavy atom. The van der Waals surface area contributed by atoms with Gasteiger partial charge in [0.05, 0.1) is 6.04 Å². The van der Waals surface area contributed by atoms with E-state index in [1.165, 1.54) is 0 Å². The highest BCUT2D eigenvalue weighted by molar-refractivity contribution is 5.86. The third-order valence-electron chi connectivity index (χ3n) is 3.66. The number of aliphatic hydroxyl groups is 1. The third-order valence-corrected chi connectivity index (χ3v) is 3.66. The Labute approximate surface area is 135 Å². The summed E-state index contributed by atoms with van der Waals surface area (Å²) in [5.74, 6) is -2.32. The molecule has 7 nitrogen and oxygen atoms in total. The van der Waals surface area contributed by atoms with Crippen LogP contribution in [0.4, 0.5) is 0 Å². The highest BCUT2D eigenvalue weighted by atomic mass is 16.4. The summed E-state index contributed by atoms with van der Waals surface area (Å²) in [6.07, 6.45) is 1.12. The van der Waals surface area contributed by atoms with Gasteiger partial charge in [-0.1, -0.05) is 26.0 Å². The molecule has 0 heterocycles. The van der Waals surface area contributed by atoms with Crippen LogP contribution >= 0.6 is 0 Å². The van der Waals surface area contributed by atoms with Crippen LogP contribution in [0.5, 0.6) is 5.75 Å². The molecule has 0 aliphatic rings. The Morgan fingerprint density at radius 2 is 1.83 bits per heavy atom. The molecule has 0 saturated heterocycles. The van der Waals surface area contributed by atoms with E-state index < -0.39 is 23.6 Å². The number of amides is 1. The lowest BCUT2D eigenvalue weighted by atomic mass is 9.93. The summed E-state index contributed by atoms with van der Waals surface area (Å²) < 4.78 is 0. The number of aryl methyl sites for hydroxylation is 1. The number of aliphatic carboxylic acids is 1. The number of hydrogen-bond acceptors (Lipinski definition) is 5. The molecule has 0 aliphatic heterocycles. The van der Waals surface area contributed by atoms with E-state index in [0.717, 1.165) is 5.56 Å². The minimum absolute atomic E-state index is 0.0568. The first-order valence-electron chi connectivity index (χ1n) is 7.47. The van der Waals surface area contributed by atoms with Crippen molar-refractivity contribution in [3.8, 4) is 5.75 Å². The van der Waals surface area contributed by atoms with Gasteiger partial charge in [0.2, 0.25) is 5.91 Å². The van der Waals surface area contributed by atoms with Crippen LogP contribution in [0.15, 0.2) is 24.3 Å². The average Bonchev–Trinajstić information content (AvgIpc) is 2.48. The number of aromatic hydroxyl groups is 1. The Hall–Kier alpha value is -2.12. The fraction of sp³-hybridized carbons (Fsp3) is 0.500. The van der Waals surface area contributed by atoms with Crippen molar-refractivity contribution in [3.63, 3.8) is 0 Å². The summed E-state index contributed by atoms with van der Waals surface area (Å²) in [5.41, 5.74) is 4.17. The van der Waals surface area contributed by atoms with Crippen molar-refractivity contribution >= 4 is 11.9 Å². The van der Waals surface area contributed by atoms with Gasteiger partial charge in [-0.25, -0.2) is 4.79 Å². The zero-order chi connectivity index (χ0) is 17.6. The number of carboxylic acid groups (broad SMARTS) is 1. The molecule has 1 amide bonds. The zero-order valence-electron chi connectivity index (χ0n) is 13.3. The number of carbonyl (C=O) groups excluding carboxylic acids is 1. The SMILES string of the molecule is CC(C)[C@@H](N)[C@@](O)(NC(=O)CCCc1ccc(O)cc1)C(=O)O. The van der Waals surface area contributed by atoms with E-state index in [1.807, 2.05) is 0 Å². The van der Waals surface area contributed by atoms with Gasteiger partial charge in [-0.3, -0.25) is 4.79 Å². The molecule has 0 fully saturated rings. The molecule has 0 unspecified atom stereocenters. The van der Waals surface area contributed by atoms with Gasteiger partial charge in [-0.05, 0) is 36.5 Å². The summed E-state index contributed by atoms with van der Waals surface area (Å²) >= 11 is 0. The molecule has 6 N–H and O–H groups in total. The van der Waals surface area contributed by atoms with Crippen molar-refractivity contribution in [1.29, 1.82) is 0 Å². The van der Waals surface area contributed by atoms with E-state index >= 15 is 0 Å². The second-order valence-corrected chi connectivity index (χ2v) is 5.91. The number of carboxylic acids is 1. The number of phenols is 1. The standard InChI is InChI=1S/C16H24N2O5/c1-10(2)14(17)16(23,15(21)22)18-13(20)5-3-4-11-6-8-12(19)9-7-11/h6-10,14,19,23H,3-5,17H2,1-2H3,(H,18,20)(H,21,22)/t14-,16+/m1/s1. The molecule has 1 rings (SSSR count). The molecule has 1 aromatic carbocycles. The van der Waals surface area contributed by atoms with Gasteiger partial charge >= 0.3 is 5.97 Å². The minimum Gasteiger partial charge on any atom is -0.508 e. The molecule has 2 atom stereocenters. The molecular weight excluding hydrogens is 300 g/mol. The summed E-state index contributed by atoms with van der Waals surface area (Å²) in [6, 6.07) is 5.48. The van der Waals surface area contributed by atoms with Crippen LogP contribution in [0.1, 0.15) is 32.3 Å². The Morgan fingerprint density at radius 1 is 1.26 bits per heavy atom. The summed E-state index contributed by atoms with van der Waals surface area (Å²) in [7, 11) is 0. The number of hydrogen-bond donors (Lipinski definition) is 5. The summed E-state index contributed by atoms with van der Waals surface area (Å²) in [4.78, 5) is 23.2. The third kappa shape index (κ3) is 5.22. The predicted molar refractivity (Wildman–Crippen MR) is 84.6 cm³/mol. The number of benzene rings is 1. The van der Waals surface area contributed by atoms with Crippen LogP contribution in [0.2, 0.25) is 0 Å². The number of nitrogens with one attached hydrogen (secondary N) is 1. The van der Waals surface area contributed by atoms with E-state index in [2.05, 4.69) is 5.32 Å². The smallest absolute Gasteiger partial charge is 0.358 e. The van der Waals surface area contributed by atoms with Crippen LogP contribution < -0.4 is 11.1 Å². The fourth-order valence-electron chi connectivity index (χ4n) is 2.15. The quantitative estimate of drug-likeness (QED) is 0.444. The molecule has 0 spiro atoms. The maximum atomic E-state index is 11.9. The maximum Gasteiger partial charge on any atom is 0.358 e. The molecule has 128 valence electrons. The monoisotopic (exact) mass is 324 g/mol. The lowest BCUT2D eigenvalue weighted by molar-refractivity contribution is -0.170. The molecule has 0 aliphatic carbocycles. The maximum absolute atomic E-state index is 11.9. The van der Waals surface area contributed by atoms with E-state index in [4.69, 9.17) is 10.8 Å². The van der Waals surface area contributed by atoms with E-state index in [9.17, 15) is 19.8 Å². The lowest BCUT2D eigenvalue weighted by Crippen LogP contribution is -2.66. The molecule has 0 saturated carbocycles. The van der Waals surface area contributed by atoms with Crippen LogP contribution in [0.3, 0.4) is 0 Å². The molecule has 23 heavy (non-hydrogen) atoms. The van der Waals surface area contributed by atoms with Gasteiger partial charge in [0, 0.05) is 6.42 Å². The van der Waals surface area contributed by atoms with Gasteiger partial charge in [-0.2, -0.15) is 0 Å². The molecule has 0 aromatic heterocycles. The summed E-state index contributed by atoms with van der Waals surface area (Å²) in [5, 5.41) is 30.6. The Balaban J connectivity index is 2.56. The van der Waals surface area contributed by atoms with Gasteiger partial charge in [-0.15, -0.1) is 0 Å². The van der Waals surface area contributed by atoms with Crippen LogP contribution in [-0.2, 0) is 16.0 Å².